The molecule has 0 atom stereocenters. The second kappa shape index (κ2) is 5.24. The van der Waals surface area contributed by atoms with Crippen LogP contribution in [0.1, 0.15) is 16.8 Å². The van der Waals surface area contributed by atoms with Crippen molar-refractivity contribution in [3.8, 4) is 5.75 Å². The van der Waals surface area contributed by atoms with Gasteiger partial charge in [0.15, 0.2) is 17.4 Å². The third-order valence-corrected chi connectivity index (χ3v) is 1.84. The largest absolute Gasteiger partial charge is 0.487 e. The van der Waals surface area contributed by atoms with Gasteiger partial charge >= 0.3 is 5.97 Å². The Kier molecular flexibility index (Phi) is 3.97. The van der Waals surface area contributed by atoms with Gasteiger partial charge in [0.05, 0.1) is 18.6 Å². The molecule has 0 saturated heterocycles. The maximum absolute atomic E-state index is 13.3. The first-order valence-electron chi connectivity index (χ1n) is 4.55. The molecule has 5 nitrogen and oxygen atoms in total. The number of primary amides is 1. The van der Waals surface area contributed by atoms with Crippen LogP contribution in [0.3, 0.4) is 0 Å². The number of carboxylic acids is 1. The van der Waals surface area contributed by atoms with Crippen LogP contribution in [0.5, 0.6) is 5.75 Å². The van der Waals surface area contributed by atoms with Crippen molar-refractivity contribution in [2.75, 3.05) is 6.61 Å². The number of halogens is 2. The SMILES string of the molecule is NC(=O)CCOc1c(F)cc(C(=O)O)cc1F. The summed E-state index contributed by atoms with van der Waals surface area (Å²) in [5.41, 5.74) is 4.29. The minimum atomic E-state index is -1.45. The zero-order valence-electron chi connectivity index (χ0n) is 8.57. The lowest BCUT2D eigenvalue weighted by Gasteiger charge is -2.07. The molecular weight excluding hydrogens is 236 g/mol. The van der Waals surface area contributed by atoms with E-state index in [2.05, 4.69) is 4.74 Å². The third-order valence-electron chi connectivity index (χ3n) is 1.84. The van der Waals surface area contributed by atoms with Gasteiger partial charge in [-0.25, -0.2) is 13.6 Å². The smallest absolute Gasteiger partial charge is 0.335 e. The van der Waals surface area contributed by atoms with Crippen molar-refractivity contribution in [1.82, 2.24) is 0 Å². The highest BCUT2D eigenvalue weighted by molar-refractivity contribution is 5.87. The summed E-state index contributed by atoms with van der Waals surface area (Å²) in [6, 6.07) is 1.26. The molecule has 1 amide bonds. The van der Waals surface area contributed by atoms with Gasteiger partial charge in [-0.15, -0.1) is 0 Å². The molecule has 0 heterocycles. The second-order valence-corrected chi connectivity index (χ2v) is 3.14. The van der Waals surface area contributed by atoms with Gasteiger partial charge < -0.3 is 15.6 Å². The van der Waals surface area contributed by atoms with Gasteiger partial charge in [0.25, 0.3) is 0 Å². The fourth-order valence-corrected chi connectivity index (χ4v) is 1.07. The molecule has 0 aromatic heterocycles. The predicted molar refractivity (Wildman–Crippen MR) is 52.6 cm³/mol. The van der Waals surface area contributed by atoms with Crippen LogP contribution in [0, 0.1) is 11.6 Å². The van der Waals surface area contributed by atoms with Crippen molar-refractivity contribution in [3.63, 3.8) is 0 Å². The molecule has 0 bridgehead atoms. The quantitative estimate of drug-likeness (QED) is 0.807. The topological polar surface area (TPSA) is 89.6 Å². The van der Waals surface area contributed by atoms with Crippen LogP contribution in [0.4, 0.5) is 8.78 Å². The number of aromatic carboxylic acids is 1. The molecule has 7 heteroatoms. The first kappa shape index (κ1) is 12.9. The Hall–Kier alpha value is -2.18. The number of hydrogen-bond donors (Lipinski definition) is 2. The highest BCUT2D eigenvalue weighted by Gasteiger charge is 2.15. The van der Waals surface area contributed by atoms with Crippen LogP contribution in [-0.4, -0.2) is 23.6 Å². The molecule has 3 N–H and O–H groups in total. The van der Waals surface area contributed by atoms with Crippen molar-refractivity contribution in [3.05, 3.63) is 29.3 Å². The van der Waals surface area contributed by atoms with Crippen molar-refractivity contribution in [2.24, 2.45) is 5.73 Å². The average Bonchev–Trinajstić information content (AvgIpc) is 2.21. The fraction of sp³-hybridized carbons (Fsp3) is 0.200. The monoisotopic (exact) mass is 245 g/mol. The second-order valence-electron chi connectivity index (χ2n) is 3.14. The van der Waals surface area contributed by atoms with E-state index < -0.39 is 34.8 Å². The minimum absolute atomic E-state index is 0.195. The summed E-state index contributed by atoms with van der Waals surface area (Å²) in [7, 11) is 0. The van der Waals surface area contributed by atoms with Crippen molar-refractivity contribution < 1.29 is 28.2 Å². The summed E-state index contributed by atoms with van der Waals surface area (Å²) in [4.78, 5) is 20.9. The molecule has 0 unspecified atom stereocenters. The maximum Gasteiger partial charge on any atom is 0.335 e. The van der Waals surface area contributed by atoms with Crippen LogP contribution in [0.25, 0.3) is 0 Å². The maximum atomic E-state index is 13.3. The van der Waals surface area contributed by atoms with Crippen LogP contribution >= 0.6 is 0 Å². The molecular formula is C10H9F2NO4. The average molecular weight is 245 g/mol. The van der Waals surface area contributed by atoms with Crippen LogP contribution in [0.2, 0.25) is 0 Å². The predicted octanol–water partition coefficient (Wildman–Crippen LogP) is 0.917. The third kappa shape index (κ3) is 3.40. The van der Waals surface area contributed by atoms with Gasteiger partial charge in [0.1, 0.15) is 0 Å². The summed E-state index contributed by atoms with van der Waals surface area (Å²) >= 11 is 0. The van der Waals surface area contributed by atoms with Crippen molar-refractivity contribution in [1.29, 1.82) is 0 Å². The lowest BCUT2D eigenvalue weighted by Crippen LogP contribution is -2.15. The van der Waals surface area contributed by atoms with E-state index in [1.807, 2.05) is 0 Å². The lowest BCUT2D eigenvalue weighted by molar-refractivity contribution is -0.118. The zero-order chi connectivity index (χ0) is 13.0. The van der Waals surface area contributed by atoms with Crippen LogP contribution < -0.4 is 10.5 Å². The Morgan fingerprint density at radius 1 is 1.29 bits per heavy atom. The molecule has 1 rings (SSSR count). The Morgan fingerprint density at radius 2 is 1.82 bits per heavy atom. The van der Waals surface area contributed by atoms with E-state index in [0.717, 1.165) is 0 Å². The van der Waals surface area contributed by atoms with E-state index in [9.17, 15) is 18.4 Å². The highest BCUT2D eigenvalue weighted by Crippen LogP contribution is 2.23. The molecule has 1 aromatic rings. The van der Waals surface area contributed by atoms with E-state index in [1.54, 1.807) is 0 Å². The summed E-state index contributed by atoms with van der Waals surface area (Å²) < 4.78 is 31.2. The summed E-state index contributed by atoms with van der Waals surface area (Å²) in [5, 5.41) is 8.54. The number of carbonyl (C=O) groups is 2. The highest BCUT2D eigenvalue weighted by atomic mass is 19.1. The van der Waals surface area contributed by atoms with E-state index in [4.69, 9.17) is 10.8 Å². The first-order chi connectivity index (χ1) is 7.91. The number of carbonyl (C=O) groups excluding carboxylic acids is 1. The standard InChI is InChI=1S/C10H9F2NO4/c11-6-3-5(10(15)16)4-7(12)9(6)17-2-1-8(13)14/h3-4H,1-2H2,(H2,13,14)(H,15,16). The molecule has 0 fully saturated rings. The Morgan fingerprint density at radius 3 is 2.24 bits per heavy atom. The number of nitrogens with two attached hydrogens (primary N) is 1. The number of ether oxygens (including phenoxy) is 1. The first-order valence-corrected chi connectivity index (χ1v) is 4.55. The van der Waals surface area contributed by atoms with Gasteiger partial charge in [0.2, 0.25) is 5.91 Å². The summed E-state index contributed by atoms with van der Waals surface area (Å²) in [6.07, 6.45) is -0.195. The van der Waals surface area contributed by atoms with Crippen molar-refractivity contribution in [2.45, 2.75) is 6.42 Å². The fourth-order valence-electron chi connectivity index (χ4n) is 1.07. The van der Waals surface area contributed by atoms with E-state index in [-0.39, 0.29) is 13.0 Å². The molecule has 0 aliphatic rings. The number of amides is 1. The van der Waals surface area contributed by atoms with Gasteiger partial charge in [-0.05, 0) is 12.1 Å². The molecule has 0 aliphatic heterocycles. The summed E-state index contributed by atoms with van der Waals surface area (Å²) in [6.45, 7) is -0.282. The van der Waals surface area contributed by atoms with Gasteiger partial charge in [0, 0.05) is 0 Å². The Balaban J connectivity index is 2.86. The number of rotatable bonds is 5. The molecule has 17 heavy (non-hydrogen) atoms. The van der Waals surface area contributed by atoms with E-state index >= 15 is 0 Å². The molecule has 0 radical (unpaired) electrons. The van der Waals surface area contributed by atoms with E-state index in [1.165, 1.54) is 0 Å². The molecule has 0 aliphatic carbocycles. The number of hydrogen-bond acceptors (Lipinski definition) is 3. The number of benzene rings is 1. The van der Waals surface area contributed by atoms with Crippen LogP contribution in [0.15, 0.2) is 12.1 Å². The minimum Gasteiger partial charge on any atom is -0.487 e. The molecule has 92 valence electrons. The van der Waals surface area contributed by atoms with Gasteiger partial charge in [-0.1, -0.05) is 0 Å². The van der Waals surface area contributed by atoms with Crippen LogP contribution in [-0.2, 0) is 4.79 Å². The van der Waals surface area contributed by atoms with Crippen molar-refractivity contribution >= 4 is 11.9 Å². The molecule has 0 spiro atoms. The Bertz CT molecular complexity index is 439. The molecule has 1 aromatic carbocycles. The molecule has 0 saturated carbocycles. The Labute approximate surface area is 94.8 Å². The summed E-state index contributed by atoms with van der Waals surface area (Å²) in [5.74, 6) is -5.14. The van der Waals surface area contributed by atoms with E-state index in [0.29, 0.717) is 12.1 Å². The van der Waals surface area contributed by atoms with Gasteiger partial charge in [-0.2, -0.15) is 0 Å². The lowest BCUT2D eigenvalue weighted by atomic mass is 10.2. The van der Waals surface area contributed by atoms with Gasteiger partial charge in [-0.3, -0.25) is 4.79 Å². The zero-order valence-corrected chi connectivity index (χ0v) is 8.57. The number of carboxylic acid groups (broad SMARTS) is 1. The normalized spacial score (nSPS) is 10.0.